The molecule has 4 rings (SSSR count). The first-order valence-electron chi connectivity index (χ1n) is 11.8. The highest BCUT2D eigenvalue weighted by Gasteiger charge is 2.20. The van der Waals surface area contributed by atoms with Gasteiger partial charge in [-0.25, -0.2) is 0 Å². The molecule has 0 aliphatic carbocycles. The normalized spacial score (nSPS) is 14.8. The minimum atomic E-state index is -0.718. The molecule has 0 bridgehead atoms. The smallest absolute Gasteiger partial charge is 0.304 e. The highest BCUT2D eigenvalue weighted by Crippen LogP contribution is 2.30. The van der Waals surface area contributed by atoms with E-state index in [0.717, 1.165) is 31.7 Å². The van der Waals surface area contributed by atoms with E-state index in [4.69, 9.17) is 9.84 Å². The Morgan fingerprint density at radius 3 is 2.30 bits per heavy atom. The topological polar surface area (TPSA) is 49.8 Å². The molecule has 1 aliphatic rings. The van der Waals surface area contributed by atoms with Crippen molar-refractivity contribution in [1.82, 2.24) is 4.90 Å². The predicted octanol–water partition coefficient (Wildman–Crippen LogP) is 6.20. The second-order valence-corrected chi connectivity index (χ2v) is 9.13. The minimum absolute atomic E-state index is 0.227. The predicted molar refractivity (Wildman–Crippen MR) is 133 cm³/mol. The van der Waals surface area contributed by atoms with E-state index in [0.29, 0.717) is 19.1 Å². The number of piperidine rings is 1. The summed E-state index contributed by atoms with van der Waals surface area (Å²) in [4.78, 5) is 13.0. The fraction of sp³-hybridized carbons (Fsp3) is 0.345. The molecule has 0 unspecified atom stereocenters. The Hall–Kier alpha value is -3.11. The van der Waals surface area contributed by atoms with E-state index < -0.39 is 5.97 Å². The van der Waals surface area contributed by atoms with Crippen LogP contribution >= 0.6 is 0 Å². The SMILES string of the molecule is Cc1ccc(-c2ccc(COc3ccc(C4CCN(CCC(=O)O)CC4)cc3)cc2C)cc1. The third-order valence-electron chi connectivity index (χ3n) is 6.64. The van der Waals surface area contributed by atoms with Crippen molar-refractivity contribution in [2.24, 2.45) is 0 Å². The zero-order valence-electron chi connectivity index (χ0n) is 19.6. The van der Waals surface area contributed by atoms with E-state index in [1.54, 1.807) is 0 Å². The van der Waals surface area contributed by atoms with Crippen LogP contribution in [0, 0.1) is 13.8 Å². The van der Waals surface area contributed by atoms with Gasteiger partial charge in [-0.15, -0.1) is 0 Å². The average Bonchev–Trinajstić information content (AvgIpc) is 2.83. The van der Waals surface area contributed by atoms with Gasteiger partial charge in [0.05, 0.1) is 6.42 Å². The molecule has 0 atom stereocenters. The maximum atomic E-state index is 10.8. The largest absolute Gasteiger partial charge is 0.489 e. The van der Waals surface area contributed by atoms with E-state index in [1.807, 2.05) is 0 Å². The number of carboxylic acid groups (broad SMARTS) is 1. The average molecular weight is 444 g/mol. The van der Waals surface area contributed by atoms with Gasteiger partial charge in [0.15, 0.2) is 0 Å². The third-order valence-corrected chi connectivity index (χ3v) is 6.64. The molecule has 1 fully saturated rings. The van der Waals surface area contributed by atoms with Crippen molar-refractivity contribution in [2.45, 2.75) is 45.6 Å². The van der Waals surface area contributed by atoms with E-state index in [-0.39, 0.29) is 6.42 Å². The van der Waals surface area contributed by atoms with E-state index >= 15 is 0 Å². The van der Waals surface area contributed by atoms with Gasteiger partial charge in [0.2, 0.25) is 0 Å². The van der Waals surface area contributed by atoms with Crippen molar-refractivity contribution in [3.8, 4) is 16.9 Å². The van der Waals surface area contributed by atoms with Crippen molar-refractivity contribution in [3.63, 3.8) is 0 Å². The fourth-order valence-electron chi connectivity index (χ4n) is 4.62. The van der Waals surface area contributed by atoms with E-state index in [1.165, 1.54) is 33.4 Å². The van der Waals surface area contributed by atoms with Crippen molar-refractivity contribution >= 4 is 5.97 Å². The molecule has 1 heterocycles. The molecular formula is C29H33NO3. The quantitative estimate of drug-likeness (QED) is 0.450. The van der Waals surface area contributed by atoms with Crippen molar-refractivity contribution in [2.75, 3.05) is 19.6 Å². The molecule has 1 saturated heterocycles. The summed E-state index contributed by atoms with van der Waals surface area (Å²) < 4.78 is 6.06. The summed E-state index contributed by atoms with van der Waals surface area (Å²) in [7, 11) is 0. The number of rotatable bonds is 8. The number of ether oxygens (including phenoxy) is 1. The molecule has 3 aromatic carbocycles. The van der Waals surface area contributed by atoms with Crippen molar-refractivity contribution in [3.05, 3.63) is 89.0 Å². The summed E-state index contributed by atoms with van der Waals surface area (Å²) in [6.07, 6.45) is 2.38. The number of hydrogen-bond donors (Lipinski definition) is 1. The van der Waals surface area contributed by atoms with Gasteiger partial charge in [-0.3, -0.25) is 4.79 Å². The van der Waals surface area contributed by atoms with Crippen LogP contribution in [0.1, 0.15) is 47.4 Å². The van der Waals surface area contributed by atoms with E-state index in [2.05, 4.69) is 85.5 Å². The van der Waals surface area contributed by atoms with Gasteiger partial charge < -0.3 is 14.7 Å². The zero-order chi connectivity index (χ0) is 23.2. The molecule has 3 aromatic rings. The molecule has 0 spiro atoms. The highest BCUT2D eigenvalue weighted by molar-refractivity contribution is 5.68. The van der Waals surface area contributed by atoms with Crippen LogP contribution in [0.25, 0.3) is 11.1 Å². The maximum absolute atomic E-state index is 10.8. The molecule has 4 nitrogen and oxygen atoms in total. The van der Waals surface area contributed by atoms with Gasteiger partial charge in [0.25, 0.3) is 0 Å². The molecule has 0 aromatic heterocycles. The summed E-state index contributed by atoms with van der Waals surface area (Å²) in [6, 6.07) is 23.7. The number of aliphatic carboxylic acids is 1. The monoisotopic (exact) mass is 443 g/mol. The number of aryl methyl sites for hydroxylation is 2. The Bertz CT molecular complexity index is 1070. The van der Waals surface area contributed by atoms with Crippen LogP contribution in [0.15, 0.2) is 66.7 Å². The van der Waals surface area contributed by atoms with Gasteiger partial charge >= 0.3 is 5.97 Å². The van der Waals surface area contributed by atoms with E-state index in [9.17, 15) is 4.79 Å². The van der Waals surface area contributed by atoms with Crippen molar-refractivity contribution in [1.29, 1.82) is 0 Å². The van der Waals surface area contributed by atoms with Crippen LogP contribution in [-0.4, -0.2) is 35.6 Å². The molecule has 1 N–H and O–H groups in total. The Balaban J connectivity index is 1.29. The molecule has 4 heteroatoms. The van der Waals surface area contributed by atoms with Gasteiger partial charge in [-0.1, -0.05) is 60.2 Å². The fourth-order valence-corrected chi connectivity index (χ4v) is 4.62. The van der Waals surface area contributed by atoms with Gasteiger partial charge in [0, 0.05) is 6.54 Å². The second kappa shape index (κ2) is 10.7. The summed E-state index contributed by atoms with van der Waals surface area (Å²) >= 11 is 0. The summed E-state index contributed by atoms with van der Waals surface area (Å²) in [5.74, 6) is 0.708. The number of hydrogen-bond acceptors (Lipinski definition) is 3. The number of likely N-dealkylation sites (tertiary alicyclic amines) is 1. The van der Waals surface area contributed by atoms with Crippen LogP contribution in [-0.2, 0) is 11.4 Å². The highest BCUT2D eigenvalue weighted by atomic mass is 16.5. The molecule has 33 heavy (non-hydrogen) atoms. The third kappa shape index (κ3) is 6.23. The standard InChI is InChI=1S/C29H33NO3/c1-21-3-6-26(7-4-21)28-12-5-23(19-22(28)2)20-33-27-10-8-24(9-11-27)25-13-16-30(17-14-25)18-15-29(31)32/h3-12,19,25H,13-18,20H2,1-2H3,(H,31,32). The number of carboxylic acids is 1. The maximum Gasteiger partial charge on any atom is 0.304 e. The minimum Gasteiger partial charge on any atom is -0.489 e. The first kappa shape index (κ1) is 23.1. The van der Waals surface area contributed by atoms with Gasteiger partial charge in [0.1, 0.15) is 12.4 Å². The molecular weight excluding hydrogens is 410 g/mol. The molecule has 1 aliphatic heterocycles. The van der Waals surface area contributed by atoms with Crippen LogP contribution in [0.5, 0.6) is 5.75 Å². The van der Waals surface area contributed by atoms with Gasteiger partial charge in [-0.05, 0) is 85.6 Å². The van der Waals surface area contributed by atoms with Crippen LogP contribution in [0.2, 0.25) is 0 Å². The number of carbonyl (C=O) groups is 1. The number of benzene rings is 3. The summed E-state index contributed by atoms with van der Waals surface area (Å²) in [5.41, 5.74) is 7.55. The van der Waals surface area contributed by atoms with Crippen LogP contribution < -0.4 is 4.74 Å². The first-order chi connectivity index (χ1) is 16.0. The first-order valence-corrected chi connectivity index (χ1v) is 11.8. The molecule has 172 valence electrons. The molecule has 0 radical (unpaired) electrons. The lowest BCUT2D eigenvalue weighted by Gasteiger charge is -2.31. The summed E-state index contributed by atoms with van der Waals surface area (Å²) in [6.45, 7) is 7.40. The Kier molecular flexibility index (Phi) is 7.46. The second-order valence-electron chi connectivity index (χ2n) is 9.13. The van der Waals surface area contributed by atoms with Crippen LogP contribution in [0.3, 0.4) is 0 Å². The summed E-state index contributed by atoms with van der Waals surface area (Å²) in [5, 5.41) is 8.86. The Morgan fingerprint density at radius 2 is 1.67 bits per heavy atom. The zero-order valence-corrected chi connectivity index (χ0v) is 19.6. The lowest BCUT2D eigenvalue weighted by molar-refractivity contribution is -0.137. The van der Waals surface area contributed by atoms with Crippen molar-refractivity contribution < 1.29 is 14.6 Å². The molecule has 0 saturated carbocycles. The Morgan fingerprint density at radius 1 is 0.970 bits per heavy atom. The molecule has 0 amide bonds. The van der Waals surface area contributed by atoms with Crippen LogP contribution in [0.4, 0.5) is 0 Å². The Labute approximate surface area is 196 Å². The lowest BCUT2D eigenvalue weighted by Crippen LogP contribution is -2.34. The van der Waals surface area contributed by atoms with Gasteiger partial charge in [-0.2, -0.15) is 0 Å². The lowest BCUT2D eigenvalue weighted by atomic mass is 9.89. The number of nitrogens with zero attached hydrogens (tertiary/aromatic N) is 1.